The standard InChI is InChI=1S/C12H10BrN3O5/c1-19-7-3-4-9(8(13)5-7)21-12-10(16(17)18)11(20-2)14-6-15-12/h3-6H,1-2H3. The van der Waals surface area contributed by atoms with Gasteiger partial charge in [0.15, 0.2) is 0 Å². The van der Waals surface area contributed by atoms with Gasteiger partial charge in [-0.15, -0.1) is 0 Å². The third-order valence-electron chi connectivity index (χ3n) is 2.48. The van der Waals surface area contributed by atoms with E-state index in [-0.39, 0.29) is 11.8 Å². The van der Waals surface area contributed by atoms with Crippen LogP contribution in [0.15, 0.2) is 29.0 Å². The maximum atomic E-state index is 11.1. The molecule has 0 radical (unpaired) electrons. The Hall–Kier alpha value is -2.42. The van der Waals surface area contributed by atoms with Crippen LogP contribution in [0, 0.1) is 10.1 Å². The molecule has 0 atom stereocenters. The van der Waals surface area contributed by atoms with Gasteiger partial charge in [-0.3, -0.25) is 10.1 Å². The summed E-state index contributed by atoms with van der Waals surface area (Å²) in [4.78, 5) is 17.9. The van der Waals surface area contributed by atoms with Crippen LogP contribution in [0.25, 0.3) is 0 Å². The molecule has 0 aliphatic heterocycles. The zero-order valence-corrected chi connectivity index (χ0v) is 12.7. The Balaban J connectivity index is 2.42. The molecule has 8 nitrogen and oxygen atoms in total. The number of rotatable bonds is 5. The predicted octanol–water partition coefficient (Wildman–Crippen LogP) is 2.96. The molecule has 9 heteroatoms. The van der Waals surface area contributed by atoms with Crippen LogP contribution in [0.5, 0.6) is 23.3 Å². The molecule has 0 unspecified atom stereocenters. The predicted molar refractivity (Wildman–Crippen MR) is 76.0 cm³/mol. The number of benzene rings is 1. The Morgan fingerprint density at radius 3 is 2.48 bits per heavy atom. The molecule has 21 heavy (non-hydrogen) atoms. The lowest BCUT2D eigenvalue weighted by Gasteiger charge is -2.09. The maximum absolute atomic E-state index is 11.1. The lowest BCUT2D eigenvalue weighted by Crippen LogP contribution is -2.01. The van der Waals surface area contributed by atoms with E-state index in [2.05, 4.69) is 25.9 Å². The molecule has 0 aliphatic carbocycles. The minimum absolute atomic E-state index is 0.172. The number of nitrogens with zero attached hydrogens (tertiary/aromatic N) is 3. The van der Waals surface area contributed by atoms with Crippen LogP contribution in [-0.2, 0) is 0 Å². The van der Waals surface area contributed by atoms with Crippen LogP contribution in [0.2, 0.25) is 0 Å². The summed E-state index contributed by atoms with van der Waals surface area (Å²) < 4.78 is 15.9. The molecule has 1 heterocycles. The molecule has 0 bridgehead atoms. The lowest BCUT2D eigenvalue weighted by molar-refractivity contribution is -0.387. The van der Waals surface area contributed by atoms with E-state index in [0.29, 0.717) is 16.0 Å². The summed E-state index contributed by atoms with van der Waals surface area (Å²) in [7, 11) is 2.81. The first kappa shape index (κ1) is 15.0. The highest BCUT2D eigenvalue weighted by Gasteiger charge is 2.26. The summed E-state index contributed by atoms with van der Waals surface area (Å²) in [5, 5.41) is 11.1. The molecule has 0 saturated carbocycles. The van der Waals surface area contributed by atoms with Crippen LogP contribution >= 0.6 is 15.9 Å². The molecular formula is C12H10BrN3O5. The Morgan fingerprint density at radius 2 is 1.90 bits per heavy atom. The molecular weight excluding hydrogens is 346 g/mol. The molecule has 110 valence electrons. The summed E-state index contributed by atoms with van der Waals surface area (Å²) in [6.45, 7) is 0. The highest BCUT2D eigenvalue weighted by atomic mass is 79.9. The van der Waals surface area contributed by atoms with Crippen molar-refractivity contribution in [2.75, 3.05) is 14.2 Å². The Bertz CT molecular complexity index is 680. The number of hydrogen-bond donors (Lipinski definition) is 0. The minimum atomic E-state index is -0.661. The van der Waals surface area contributed by atoms with Gasteiger partial charge >= 0.3 is 17.4 Å². The number of halogens is 1. The van der Waals surface area contributed by atoms with E-state index in [9.17, 15) is 10.1 Å². The van der Waals surface area contributed by atoms with E-state index in [1.54, 1.807) is 18.2 Å². The van der Waals surface area contributed by atoms with Crippen LogP contribution in [-0.4, -0.2) is 29.1 Å². The van der Waals surface area contributed by atoms with Crippen molar-refractivity contribution in [3.63, 3.8) is 0 Å². The summed E-state index contributed by atoms with van der Waals surface area (Å²) >= 11 is 3.29. The third-order valence-corrected chi connectivity index (χ3v) is 3.10. The van der Waals surface area contributed by atoms with Crippen molar-refractivity contribution >= 4 is 21.6 Å². The molecule has 0 aliphatic rings. The van der Waals surface area contributed by atoms with E-state index in [4.69, 9.17) is 14.2 Å². The van der Waals surface area contributed by atoms with Gasteiger partial charge in [0.2, 0.25) is 0 Å². The Kier molecular flexibility index (Phi) is 4.53. The number of ether oxygens (including phenoxy) is 3. The Morgan fingerprint density at radius 1 is 1.19 bits per heavy atom. The van der Waals surface area contributed by atoms with Gasteiger partial charge < -0.3 is 14.2 Å². The highest BCUT2D eigenvalue weighted by Crippen LogP contribution is 2.38. The molecule has 0 saturated heterocycles. The normalized spacial score (nSPS) is 10.0. The van der Waals surface area contributed by atoms with E-state index in [1.807, 2.05) is 0 Å². The van der Waals surface area contributed by atoms with Crippen molar-refractivity contribution in [1.29, 1.82) is 0 Å². The monoisotopic (exact) mass is 355 g/mol. The largest absolute Gasteiger partial charge is 0.497 e. The van der Waals surface area contributed by atoms with E-state index >= 15 is 0 Å². The average Bonchev–Trinajstić information content (AvgIpc) is 2.48. The van der Waals surface area contributed by atoms with Gasteiger partial charge in [-0.1, -0.05) is 0 Å². The van der Waals surface area contributed by atoms with Gasteiger partial charge in [-0.2, -0.15) is 9.97 Å². The fraction of sp³-hybridized carbons (Fsp3) is 0.167. The first-order valence-corrected chi connectivity index (χ1v) is 6.41. The summed E-state index contributed by atoms with van der Waals surface area (Å²) in [6, 6.07) is 4.92. The molecule has 0 spiro atoms. The van der Waals surface area contributed by atoms with Gasteiger partial charge in [0.05, 0.1) is 23.6 Å². The van der Waals surface area contributed by atoms with Crippen LogP contribution in [0.4, 0.5) is 5.69 Å². The van der Waals surface area contributed by atoms with Crippen molar-refractivity contribution < 1.29 is 19.1 Å². The SMILES string of the molecule is COc1ccc(Oc2ncnc(OC)c2[N+](=O)[O-])c(Br)c1. The number of aromatic nitrogens is 2. The van der Waals surface area contributed by atoms with Crippen molar-refractivity contribution in [2.45, 2.75) is 0 Å². The molecule has 0 N–H and O–H groups in total. The number of methoxy groups -OCH3 is 2. The zero-order chi connectivity index (χ0) is 15.4. The quantitative estimate of drug-likeness (QED) is 0.600. The number of nitro groups is 1. The van der Waals surface area contributed by atoms with Gasteiger partial charge in [0, 0.05) is 0 Å². The van der Waals surface area contributed by atoms with E-state index in [1.165, 1.54) is 14.2 Å². The summed E-state index contributed by atoms with van der Waals surface area (Å²) in [5.41, 5.74) is -0.442. The van der Waals surface area contributed by atoms with Crippen LogP contribution < -0.4 is 14.2 Å². The first-order chi connectivity index (χ1) is 10.1. The molecule has 0 fully saturated rings. The van der Waals surface area contributed by atoms with Crippen molar-refractivity contribution in [3.05, 3.63) is 39.1 Å². The van der Waals surface area contributed by atoms with Gasteiger partial charge in [-0.05, 0) is 34.1 Å². The van der Waals surface area contributed by atoms with Crippen molar-refractivity contribution in [1.82, 2.24) is 9.97 Å². The van der Waals surface area contributed by atoms with E-state index in [0.717, 1.165) is 6.33 Å². The second-order valence-corrected chi connectivity index (χ2v) is 4.55. The molecule has 2 rings (SSSR count). The van der Waals surface area contributed by atoms with Gasteiger partial charge in [0.1, 0.15) is 17.8 Å². The van der Waals surface area contributed by atoms with Gasteiger partial charge in [-0.25, -0.2) is 0 Å². The van der Waals surface area contributed by atoms with Crippen molar-refractivity contribution in [2.24, 2.45) is 0 Å². The topological polar surface area (TPSA) is 96.6 Å². The van der Waals surface area contributed by atoms with E-state index < -0.39 is 10.6 Å². The highest BCUT2D eigenvalue weighted by molar-refractivity contribution is 9.10. The van der Waals surface area contributed by atoms with Crippen molar-refractivity contribution in [3.8, 4) is 23.3 Å². The third kappa shape index (κ3) is 3.19. The van der Waals surface area contributed by atoms with Crippen LogP contribution in [0.1, 0.15) is 0 Å². The zero-order valence-electron chi connectivity index (χ0n) is 11.1. The fourth-order valence-corrected chi connectivity index (χ4v) is 1.96. The average molecular weight is 356 g/mol. The first-order valence-electron chi connectivity index (χ1n) is 5.61. The fourth-order valence-electron chi connectivity index (χ4n) is 1.52. The summed E-state index contributed by atoms with van der Waals surface area (Å²) in [5.74, 6) is 0.580. The molecule has 1 aromatic carbocycles. The molecule has 2 aromatic rings. The van der Waals surface area contributed by atoms with Crippen LogP contribution in [0.3, 0.4) is 0 Å². The molecule has 1 aromatic heterocycles. The minimum Gasteiger partial charge on any atom is -0.497 e. The number of hydrogen-bond acceptors (Lipinski definition) is 7. The Labute approximate surface area is 128 Å². The maximum Gasteiger partial charge on any atom is 0.392 e. The smallest absolute Gasteiger partial charge is 0.392 e. The second kappa shape index (κ2) is 6.35. The second-order valence-electron chi connectivity index (χ2n) is 3.69. The summed E-state index contributed by atoms with van der Waals surface area (Å²) in [6.07, 6.45) is 1.12. The lowest BCUT2D eigenvalue weighted by atomic mass is 10.3. The molecule has 0 amide bonds. The van der Waals surface area contributed by atoms with Gasteiger partial charge in [0.25, 0.3) is 0 Å².